The van der Waals surface area contributed by atoms with Crippen molar-refractivity contribution in [3.8, 4) is 77.9 Å². The molecule has 24 aromatic carbocycles. The number of anilines is 12. The fourth-order valence-electron chi connectivity index (χ4n) is 22.6. The summed E-state index contributed by atoms with van der Waals surface area (Å²) in [5.41, 5.74) is 34.3. The van der Waals surface area contributed by atoms with E-state index in [-0.39, 0.29) is 5.41 Å². The van der Waals surface area contributed by atoms with Gasteiger partial charge in [-0.1, -0.05) is 377 Å². The van der Waals surface area contributed by atoms with Crippen molar-refractivity contribution in [2.75, 3.05) is 19.6 Å². The first-order chi connectivity index (χ1) is 70.6. The Morgan fingerprint density at radius 2 is 0.627 bits per heavy atom. The van der Waals surface area contributed by atoms with Crippen LogP contribution in [0.3, 0.4) is 0 Å². The smallest absolute Gasteiger partial charge is 0.159 e. The monoisotopic (exact) mass is 1850 g/mol. The van der Waals surface area contributed by atoms with Gasteiger partial charge >= 0.3 is 0 Å². The van der Waals surface area contributed by atoms with Gasteiger partial charge in [-0.2, -0.15) is 0 Å². The molecule has 0 spiro atoms. The molecule has 7 heteroatoms. The molecule has 0 unspecified atom stereocenters. The molecule has 142 heavy (non-hydrogen) atoms. The number of rotatable bonds is 16. The van der Waals surface area contributed by atoms with Gasteiger partial charge in [-0.15, -0.1) is 0 Å². The zero-order chi connectivity index (χ0) is 94.9. The minimum Gasteiger partial charge on any atom is -0.454 e. The summed E-state index contributed by atoms with van der Waals surface area (Å²) in [5, 5.41) is 16.4. The lowest BCUT2D eigenvalue weighted by molar-refractivity contribution is 0.660. The maximum absolute atomic E-state index is 10.0. The van der Waals surface area contributed by atoms with Crippen LogP contribution >= 0.6 is 23.5 Å². The molecule has 3 aliphatic rings. The Kier molecular flexibility index (Phi) is 20.2. The number of hydrogen-bond acceptors (Lipinski definition) is 7. The van der Waals surface area contributed by atoms with Gasteiger partial charge in [0.05, 0.1) is 18.4 Å². The lowest BCUT2D eigenvalue weighted by atomic mass is 9.82. The molecule has 25 aromatic rings. The van der Waals surface area contributed by atoms with Crippen molar-refractivity contribution in [3.05, 3.63) is 521 Å². The van der Waals surface area contributed by atoms with E-state index in [9.17, 15) is 1.37 Å². The second-order valence-electron chi connectivity index (χ2n) is 37.5. The minimum absolute atomic E-state index is 0.126. The predicted molar refractivity (Wildman–Crippen MR) is 602 cm³/mol. The number of furan rings is 1. The first-order valence-corrected chi connectivity index (χ1v) is 50.3. The lowest BCUT2D eigenvalue weighted by Crippen LogP contribution is -2.16. The third kappa shape index (κ3) is 14.2. The minimum atomic E-state index is -0.126. The van der Waals surface area contributed by atoms with Crippen molar-refractivity contribution in [3.63, 3.8) is 0 Å². The molecule has 0 amide bonds. The zero-order valence-electron chi connectivity index (χ0n) is 78.9. The Morgan fingerprint density at radius 1 is 0.211 bits per heavy atom. The Balaban J connectivity index is 0.000000143. The van der Waals surface area contributed by atoms with Gasteiger partial charge in [-0.05, 0) is 296 Å². The molecule has 3 heterocycles. The van der Waals surface area contributed by atoms with E-state index < -0.39 is 0 Å². The summed E-state index contributed by atoms with van der Waals surface area (Å²) in [5.74, 6) is 0. The highest BCUT2D eigenvalue weighted by atomic mass is 32.2. The second-order valence-corrected chi connectivity index (χ2v) is 39.7. The van der Waals surface area contributed by atoms with E-state index >= 15 is 0 Å². The Bertz CT molecular complexity index is 9310. The molecule has 2 aliphatic heterocycles. The summed E-state index contributed by atoms with van der Waals surface area (Å²) in [6.45, 7) is 4.70. The molecular weight excluding hydrogens is 1760 g/mol. The van der Waals surface area contributed by atoms with Crippen LogP contribution in [0.4, 0.5) is 68.2 Å². The lowest BCUT2D eigenvalue weighted by Gasteiger charge is -2.29. The zero-order valence-corrected chi connectivity index (χ0v) is 79.6. The van der Waals surface area contributed by atoms with E-state index in [1.807, 2.05) is 23.9 Å². The normalized spacial score (nSPS) is 12.5. The molecule has 5 nitrogen and oxygen atoms in total. The molecule has 28 rings (SSSR count). The number of benzene rings is 24. The van der Waals surface area contributed by atoms with Crippen molar-refractivity contribution < 1.29 is 5.79 Å². The molecule has 1 aliphatic carbocycles. The summed E-state index contributed by atoms with van der Waals surface area (Å²) in [6, 6.07) is 183. The summed E-state index contributed by atoms with van der Waals surface area (Å²) < 4.78 is 16.7. The fourth-order valence-corrected chi connectivity index (χ4v) is 24.9. The average molecular weight is 1850 g/mol. The third-order valence-corrected chi connectivity index (χ3v) is 31.3. The highest BCUT2D eigenvalue weighted by Gasteiger charge is 2.37. The summed E-state index contributed by atoms with van der Waals surface area (Å²) >= 11 is 3.68. The van der Waals surface area contributed by atoms with Crippen molar-refractivity contribution in [1.29, 1.82) is 0 Å². The second kappa shape index (κ2) is 34.6. The van der Waals surface area contributed by atoms with Crippen LogP contribution in [-0.4, -0.2) is 0 Å². The van der Waals surface area contributed by atoms with E-state index in [2.05, 4.69) is 525 Å². The Labute approximate surface area is 834 Å². The van der Waals surface area contributed by atoms with Gasteiger partial charge in [0.25, 0.3) is 0 Å². The van der Waals surface area contributed by atoms with Gasteiger partial charge in [-0.25, -0.2) is 0 Å². The SMILES string of the molecule is [2H]c1c2c3c(cccc3c3cc(-c4ccc(N(c5ccccc5)c5ccc6c(c5)C(C)(C)c5ccccc5-6)c5ccccc45)ccc13)Sc1cc(N(c3ccccc3)c3cccc4c3oc3ccccc34)ccc1-2.c1ccc(-c2c3c4c(cccc4c4cc(-c5ccc(N(c6ccccc6)c6ccccc6)c6ccccc56)ccc24)Sc2cc(-c4ccc(N(c5ccccc5)c5ccccc5)cc4)ccc2-3)cc1. The quantitative estimate of drug-likeness (QED) is 0.0890. The van der Waals surface area contributed by atoms with Gasteiger partial charge in [-0.3, -0.25) is 0 Å². The topological polar surface area (TPSA) is 26.1 Å². The van der Waals surface area contributed by atoms with E-state index in [0.717, 1.165) is 144 Å². The fraction of sp³-hybridized carbons (Fsp3) is 0.0222. The van der Waals surface area contributed by atoms with E-state index in [0.29, 0.717) is 6.04 Å². The Hall–Kier alpha value is -17.5. The molecule has 0 saturated carbocycles. The van der Waals surface area contributed by atoms with Crippen molar-refractivity contribution in [2.45, 2.75) is 38.8 Å². The standard InChI is InChI=1S/C69H46N2OS.C66H44N2S/c1-69(2)60-27-13-11-22-51(60)52-35-33-47(41-61(52)69)70(45-17-5-3-6-18-45)62-38-37-49(50-21-9-10-23-53(50)62)43-31-32-44-40-59-55-36-34-48(42-66(55)73-65-30-16-25-56(67(59)65)58(44)39-43)71(46-19-7-4-8-20-46)63-28-15-26-57-54-24-12-14-29-64(54)72-68(57)63;1-6-19-46(20-7-1)64-58-39-36-48(54-41-42-61(56-30-17-16-29-55(54)56)68(51-25-12-4-13-26-51)52-27-14-5-15-28-52)43-60(58)57-31-18-32-62-65(57)66(64)59-40-35-47(44-63(59)69-62)45-33-37-53(38-34-45)67(49-21-8-2-9-22-49)50-23-10-3-11-24-50/h3-42H,1-2H3;1-44H/i40D;. The highest BCUT2D eigenvalue weighted by Crippen LogP contribution is 2.59. The predicted octanol–water partition coefficient (Wildman–Crippen LogP) is 39.3. The third-order valence-electron chi connectivity index (χ3n) is 29.1. The maximum Gasteiger partial charge on any atom is 0.159 e. The van der Waals surface area contributed by atoms with Crippen LogP contribution < -0.4 is 19.6 Å². The maximum atomic E-state index is 10.0. The molecule has 0 fully saturated rings. The van der Waals surface area contributed by atoms with E-state index in [1.54, 1.807) is 11.8 Å². The first-order valence-electron chi connectivity index (χ1n) is 49.2. The molecule has 1 aromatic heterocycles. The molecule has 0 radical (unpaired) electrons. The van der Waals surface area contributed by atoms with Crippen LogP contribution in [0.25, 0.3) is 164 Å². The van der Waals surface area contributed by atoms with Crippen molar-refractivity contribution in [2.24, 2.45) is 0 Å². The number of fused-ring (bicyclic) bond motifs is 16. The van der Waals surface area contributed by atoms with Crippen LogP contribution in [-0.2, 0) is 5.41 Å². The summed E-state index contributed by atoms with van der Waals surface area (Å²) in [7, 11) is 0. The van der Waals surface area contributed by atoms with Crippen molar-refractivity contribution in [1.82, 2.24) is 0 Å². The largest absolute Gasteiger partial charge is 0.454 e. The first kappa shape index (κ1) is 82.8. The van der Waals surface area contributed by atoms with Gasteiger partial charge in [0.15, 0.2) is 5.58 Å². The molecule has 668 valence electrons. The van der Waals surface area contributed by atoms with Crippen molar-refractivity contribution >= 4 is 178 Å². The number of para-hydroxylation sites is 8. The van der Waals surface area contributed by atoms with Crippen LogP contribution in [0.2, 0.25) is 0 Å². The average Bonchev–Trinajstić information content (AvgIpc) is 1.34. The van der Waals surface area contributed by atoms with Gasteiger partial charge in [0.2, 0.25) is 0 Å². The van der Waals surface area contributed by atoms with Gasteiger partial charge in [0.1, 0.15) is 5.58 Å². The van der Waals surface area contributed by atoms with Crippen LogP contribution in [0, 0.1) is 0 Å². The molecule has 0 saturated heterocycles. The summed E-state index contributed by atoms with van der Waals surface area (Å²) in [6.07, 6.45) is 0. The van der Waals surface area contributed by atoms with Crippen LogP contribution in [0.5, 0.6) is 0 Å². The van der Waals surface area contributed by atoms with E-state index in [1.165, 1.54) is 120 Å². The molecular formula is C135H90N4OS2. The number of hydrogen-bond donors (Lipinski definition) is 0. The van der Waals surface area contributed by atoms with Gasteiger partial charge < -0.3 is 24.0 Å². The summed E-state index contributed by atoms with van der Waals surface area (Å²) in [4.78, 5) is 14.2. The van der Waals surface area contributed by atoms with E-state index in [4.69, 9.17) is 4.42 Å². The van der Waals surface area contributed by atoms with Gasteiger partial charge in [0, 0.05) is 114 Å². The van der Waals surface area contributed by atoms with Crippen LogP contribution in [0.15, 0.2) is 534 Å². The molecule has 0 N–H and O–H groups in total. The number of nitrogens with zero attached hydrogens (tertiary/aromatic N) is 4. The molecule has 0 atom stereocenters. The van der Waals surface area contributed by atoms with Crippen LogP contribution in [0.1, 0.15) is 26.3 Å². The Morgan fingerprint density at radius 3 is 1.23 bits per heavy atom. The molecule has 0 bridgehead atoms. The highest BCUT2D eigenvalue weighted by molar-refractivity contribution is 8.00.